The lowest BCUT2D eigenvalue weighted by Gasteiger charge is -2.27. The zero-order chi connectivity index (χ0) is 20.9. The van der Waals surface area contributed by atoms with Crippen LogP contribution in [0.25, 0.3) is 10.8 Å². The third-order valence-corrected chi connectivity index (χ3v) is 5.53. The summed E-state index contributed by atoms with van der Waals surface area (Å²) in [6.07, 6.45) is 5.62. The molecular formula is C22H29N3O4. The number of nitrogens with one attached hydrogen (secondary N) is 1. The molecule has 156 valence electrons. The smallest absolute Gasteiger partial charge is 0.331 e. The second kappa shape index (κ2) is 9.20. The number of fused-ring (bicyclic) bond motifs is 1. The number of benzene rings is 1. The molecule has 0 unspecified atom stereocenters. The van der Waals surface area contributed by atoms with E-state index in [9.17, 15) is 14.4 Å². The second-order valence-electron chi connectivity index (χ2n) is 7.59. The first-order valence-electron chi connectivity index (χ1n) is 10.5. The first-order chi connectivity index (χ1) is 14.0. The lowest BCUT2D eigenvalue weighted by Crippen LogP contribution is -2.53. The standard InChI is InChI=1S/C22H29N3O4/c1-3-5-10-15-25-20(27)17-12-7-6-11-16(17)18(24-25)19(26)23-22(13-8-9-14-22)21(28)29-4-2/h6-7,11-12H,3-5,8-10,13-15H2,1-2H3,(H,23,26). The van der Waals surface area contributed by atoms with Crippen molar-refractivity contribution in [3.63, 3.8) is 0 Å². The molecule has 7 heteroatoms. The van der Waals surface area contributed by atoms with Crippen LogP contribution in [0, 0.1) is 0 Å². The molecule has 1 amide bonds. The molecule has 0 bridgehead atoms. The van der Waals surface area contributed by atoms with E-state index in [1.807, 2.05) is 0 Å². The third kappa shape index (κ3) is 4.33. The quantitative estimate of drug-likeness (QED) is 0.544. The minimum Gasteiger partial charge on any atom is -0.464 e. The largest absolute Gasteiger partial charge is 0.464 e. The fourth-order valence-corrected chi connectivity index (χ4v) is 3.97. The van der Waals surface area contributed by atoms with Crippen LogP contribution in [0.3, 0.4) is 0 Å². The topological polar surface area (TPSA) is 90.3 Å². The maximum atomic E-state index is 13.2. The summed E-state index contributed by atoms with van der Waals surface area (Å²) in [5.41, 5.74) is -1.04. The predicted octanol–water partition coefficient (Wildman–Crippen LogP) is 3.19. The van der Waals surface area contributed by atoms with Gasteiger partial charge in [-0.25, -0.2) is 9.48 Å². The van der Waals surface area contributed by atoms with Gasteiger partial charge in [-0.2, -0.15) is 5.10 Å². The lowest BCUT2D eigenvalue weighted by molar-refractivity contribution is -0.150. The van der Waals surface area contributed by atoms with Crippen LogP contribution in [0.1, 0.15) is 69.3 Å². The number of nitrogens with zero attached hydrogens (tertiary/aromatic N) is 2. The molecule has 1 fully saturated rings. The van der Waals surface area contributed by atoms with Crippen LogP contribution in [0.2, 0.25) is 0 Å². The van der Waals surface area contributed by atoms with Gasteiger partial charge in [0.15, 0.2) is 5.69 Å². The Morgan fingerprint density at radius 2 is 1.83 bits per heavy atom. The number of carbonyl (C=O) groups excluding carboxylic acids is 2. The number of carbonyl (C=O) groups is 2. The molecule has 0 radical (unpaired) electrons. The highest BCUT2D eigenvalue weighted by Crippen LogP contribution is 2.31. The van der Waals surface area contributed by atoms with Crippen LogP contribution < -0.4 is 10.9 Å². The van der Waals surface area contributed by atoms with E-state index in [4.69, 9.17) is 4.74 Å². The average Bonchev–Trinajstić information content (AvgIpc) is 3.20. The number of unbranched alkanes of at least 4 members (excludes halogenated alkanes) is 2. The van der Waals surface area contributed by atoms with Crippen LogP contribution in [-0.2, 0) is 16.1 Å². The van der Waals surface area contributed by atoms with E-state index in [-0.39, 0.29) is 17.9 Å². The van der Waals surface area contributed by atoms with Crippen molar-refractivity contribution in [3.8, 4) is 0 Å². The first-order valence-corrected chi connectivity index (χ1v) is 10.5. The molecule has 0 aliphatic heterocycles. The Labute approximate surface area is 170 Å². The summed E-state index contributed by atoms with van der Waals surface area (Å²) >= 11 is 0. The number of aromatic nitrogens is 2. The SMILES string of the molecule is CCCCCn1nc(C(=O)NC2(C(=O)OCC)CCCC2)c2ccccc2c1=O. The van der Waals surface area contributed by atoms with Gasteiger partial charge in [0.2, 0.25) is 0 Å². The number of rotatable bonds is 8. The zero-order valence-corrected chi connectivity index (χ0v) is 17.2. The Morgan fingerprint density at radius 1 is 1.14 bits per heavy atom. The van der Waals surface area contributed by atoms with Crippen molar-refractivity contribution < 1.29 is 14.3 Å². The van der Waals surface area contributed by atoms with E-state index in [1.165, 1.54) is 4.68 Å². The van der Waals surface area contributed by atoms with Crippen LogP contribution in [-0.4, -0.2) is 33.8 Å². The summed E-state index contributed by atoms with van der Waals surface area (Å²) < 4.78 is 6.61. The summed E-state index contributed by atoms with van der Waals surface area (Å²) in [4.78, 5) is 38.6. The Kier molecular flexibility index (Phi) is 6.67. The summed E-state index contributed by atoms with van der Waals surface area (Å²) in [7, 11) is 0. The molecule has 1 N–H and O–H groups in total. The third-order valence-electron chi connectivity index (χ3n) is 5.53. The van der Waals surface area contributed by atoms with Crippen LogP contribution >= 0.6 is 0 Å². The number of amides is 1. The van der Waals surface area contributed by atoms with Crippen molar-refractivity contribution in [1.29, 1.82) is 0 Å². The van der Waals surface area contributed by atoms with Crippen molar-refractivity contribution >= 4 is 22.6 Å². The number of hydrogen-bond acceptors (Lipinski definition) is 5. The highest BCUT2D eigenvalue weighted by atomic mass is 16.5. The molecule has 29 heavy (non-hydrogen) atoms. The molecule has 3 rings (SSSR count). The minimum absolute atomic E-state index is 0.173. The summed E-state index contributed by atoms with van der Waals surface area (Å²) in [5, 5.41) is 8.26. The molecule has 0 spiro atoms. The highest BCUT2D eigenvalue weighted by Gasteiger charge is 2.44. The van der Waals surface area contributed by atoms with Gasteiger partial charge in [-0.1, -0.05) is 50.8 Å². The fourth-order valence-electron chi connectivity index (χ4n) is 3.97. The minimum atomic E-state index is -1.01. The Morgan fingerprint density at radius 3 is 2.48 bits per heavy atom. The molecule has 0 atom stereocenters. The molecular weight excluding hydrogens is 370 g/mol. The van der Waals surface area contributed by atoms with Crippen molar-refractivity contribution in [2.24, 2.45) is 0 Å². The maximum absolute atomic E-state index is 13.2. The summed E-state index contributed by atoms with van der Waals surface area (Å²) in [5.74, 6) is -0.841. The molecule has 1 aliphatic carbocycles. The normalized spacial score (nSPS) is 15.4. The molecule has 1 aliphatic rings. The van der Waals surface area contributed by atoms with Gasteiger partial charge in [0.25, 0.3) is 11.5 Å². The molecule has 0 saturated heterocycles. The first kappa shape index (κ1) is 21.0. The monoisotopic (exact) mass is 399 g/mol. The van der Waals surface area contributed by atoms with Gasteiger partial charge in [-0.15, -0.1) is 0 Å². The number of hydrogen-bond donors (Lipinski definition) is 1. The van der Waals surface area contributed by atoms with E-state index in [1.54, 1.807) is 31.2 Å². The Hall–Kier alpha value is -2.70. The van der Waals surface area contributed by atoms with Gasteiger partial charge in [-0.05, 0) is 32.3 Å². The number of esters is 1. The zero-order valence-electron chi connectivity index (χ0n) is 17.2. The van der Waals surface area contributed by atoms with E-state index < -0.39 is 17.4 Å². The maximum Gasteiger partial charge on any atom is 0.331 e. The van der Waals surface area contributed by atoms with Gasteiger partial charge < -0.3 is 10.1 Å². The number of aryl methyl sites for hydroxylation is 1. The molecule has 1 saturated carbocycles. The van der Waals surface area contributed by atoms with Gasteiger partial charge in [-0.3, -0.25) is 9.59 Å². The molecule has 7 nitrogen and oxygen atoms in total. The van der Waals surface area contributed by atoms with Crippen molar-refractivity contribution in [2.45, 2.75) is 70.9 Å². The van der Waals surface area contributed by atoms with Crippen molar-refractivity contribution in [1.82, 2.24) is 15.1 Å². The molecule has 1 heterocycles. The average molecular weight is 399 g/mol. The second-order valence-corrected chi connectivity index (χ2v) is 7.59. The Balaban J connectivity index is 1.99. The van der Waals surface area contributed by atoms with E-state index in [2.05, 4.69) is 17.3 Å². The van der Waals surface area contributed by atoms with Gasteiger partial charge in [0, 0.05) is 11.9 Å². The van der Waals surface area contributed by atoms with Crippen molar-refractivity contribution in [3.05, 3.63) is 40.3 Å². The fraction of sp³-hybridized carbons (Fsp3) is 0.545. The van der Waals surface area contributed by atoms with E-state index in [0.717, 1.165) is 32.1 Å². The highest BCUT2D eigenvalue weighted by molar-refractivity contribution is 6.06. The van der Waals surface area contributed by atoms with E-state index in [0.29, 0.717) is 30.2 Å². The number of ether oxygens (including phenoxy) is 1. The van der Waals surface area contributed by atoms with Gasteiger partial charge in [0.1, 0.15) is 5.54 Å². The van der Waals surface area contributed by atoms with Gasteiger partial charge in [0.05, 0.1) is 12.0 Å². The van der Waals surface area contributed by atoms with Crippen LogP contribution in [0.5, 0.6) is 0 Å². The molecule has 1 aromatic heterocycles. The Bertz CT molecular complexity index is 945. The van der Waals surface area contributed by atoms with Crippen LogP contribution in [0.4, 0.5) is 0 Å². The summed E-state index contributed by atoms with van der Waals surface area (Å²) in [6.45, 7) is 4.57. The molecule has 1 aromatic carbocycles. The van der Waals surface area contributed by atoms with Crippen molar-refractivity contribution in [2.75, 3.05) is 6.61 Å². The lowest BCUT2D eigenvalue weighted by atomic mass is 9.97. The summed E-state index contributed by atoms with van der Waals surface area (Å²) in [6, 6.07) is 6.99. The van der Waals surface area contributed by atoms with Gasteiger partial charge >= 0.3 is 5.97 Å². The predicted molar refractivity (Wildman–Crippen MR) is 111 cm³/mol. The van der Waals surface area contributed by atoms with E-state index >= 15 is 0 Å². The van der Waals surface area contributed by atoms with Crippen LogP contribution in [0.15, 0.2) is 29.1 Å². The molecule has 2 aromatic rings.